The number of aromatic nitrogens is 3. The molecule has 1 aliphatic heterocycles. The first-order chi connectivity index (χ1) is 14.2. The van der Waals surface area contributed by atoms with Crippen LogP contribution >= 0.6 is 0 Å². The zero-order chi connectivity index (χ0) is 21.4. The third-order valence-corrected chi connectivity index (χ3v) is 7.63. The van der Waals surface area contributed by atoms with Crippen molar-refractivity contribution in [3.8, 4) is 0 Å². The molecule has 4 aliphatic carbocycles. The molecule has 4 bridgehead atoms. The Labute approximate surface area is 175 Å². The van der Waals surface area contributed by atoms with E-state index in [1.165, 1.54) is 95.2 Å². The number of fused-ring (bicyclic) bond motifs is 1. The molecule has 0 radical (unpaired) electrons. The first-order valence-corrected chi connectivity index (χ1v) is 11.5. The van der Waals surface area contributed by atoms with E-state index in [2.05, 4.69) is 9.67 Å². The minimum Gasteiger partial charge on any atom is -0.475 e. The van der Waals surface area contributed by atoms with Crippen molar-refractivity contribution in [2.24, 2.45) is 23.2 Å². The van der Waals surface area contributed by atoms with Gasteiger partial charge in [0.2, 0.25) is 0 Å². The summed E-state index contributed by atoms with van der Waals surface area (Å²) in [7, 11) is 0. The average molecular weight is 428 g/mol. The van der Waals surface area contributed by atoms with E-state index in [1.54, 1.807) is 0 Å². The van der Waals surface area contributed by atoms with Gasteiger partial charge in [-0.2, -0.15) is 13.2 Å². The van der Waals surface area contributed by atoms with Crippen LogP contribution in [0.2, 0.25) is 0 Å². The summed E-state index contributed by atoms with van der Waals surface area (Å²) in [5.41, 5.74) is 0.594. The SMILES string of the molecule is C1CCCc2nnc(CC34CC5CC(CC(C5)C3)C4)n2CCC1.O=C(O)C(F)(F)F. The molecule has 8 heteroatoms. The number of halogens is 3. The Hall–Kier alpha value is -1.60. The van der Waals surface area contributed by atoms with E-state index in [1.807, 2.05) is 0 Å². The molecule has 5 nitrogen and oxygen atoms in total. The maximum absolute atomic E-state index is 10.6. The molecule has 6 rings (SSSR count). The predicted molar refractivity (Wildman–Crippen MR) is 105 cm³/mol. The fourth-order valence-electron chi connectivity index (χ4n) is 6.87. The lowest BCUT2D eigenvalue weighted by atomic mass is 9.49. The van der Waals surface area contributed by atoms with Crippen molar-refractivity contribution < 1.29 is 23.1 Å². The molecule has 1 aromatic heterocycles. The number of aryl methyl sites for hydroxylation is 1. The highest BCUT2D eigenvalue weighted by Crippen LogP contribution is 2.60. The Morgan fingerprint density at radius 2 is 1.50 bits per heavy atom. The van der Waals surface area contributed by atoms with E-state index >= 15 is 0 Å². The van der Waals surface area contributed by atoms with Gasteiger partial charge in [0.15, 0.2) is 0 Å². The first-order valence-electron chi connectivity index (χ1n) is 11.5. The number of nitrogens with zero attached hydrogens (tertiary/aromatic N) is 3. The van der Waals surface area contributed by atoms with Crippen LogP contribution in [0.25, 0.3) is 0 Å². The first kappa shape index (κ1) is 21.6. The van der Waals surface area contributed by atoms with Crippen LogP contribution in [0.4, 0.5) is 13.2 Å². The molecule has 1 aromatic rings. The van der Waals surface area contributed by atoms with Gasteiger partial charge >= 0.3 is 12.1 Å². The minimum atomic E-state index is -5.08. The summed E-state index contributed by atoms with van der Waals surface area (Å²) < 4.78 is 34.3. The summed E-state index contributed by atoms with van der Waals surface area (Å²) in [6.45, 7) is 1.17. The van der Waals surface area contributed by atoms with Gasteiger partial charge in [-0.05, 0) is 74.5 Å². The van der Waals surface area contributed by atoms with E-state index in [4.69, 9.17) is 15.0 Å². The highest BCUT2D eigenvalue weighted by atomic mass is 19.4. The van der Waals surface area contributed by atoms with E-state index in [9.17, 15) is 13.2 Å². The number of rotatable bonds is 2. The van der Waals surface area contributed by atoms with Crippen LogP contribution in [0.1, 0.15) is 82.3 Å². The van der Waals surface area contributed by atoms with Crippen LogP contribution in [0.15, 0.2) is 0 Å². The van der Waals surface area contributed by atoms with Crippen molar-refractivity contribution in [2.45, 2.75) is 96.2 Å². The monoisotopic (exact) mass is 427 g/mol. The number of carbonyl (C=O) groups is 1. The van der Waals surface area contributed by atoms with Gasteiger partial charge in [0, 0.05) is 19.4 Å². The summed E-state index contributed by atoms with van der Waals surface area (Å²) in [5.74, 6) is 2.99. The van der Waals surface area contributed by atoms with Crippen molar-refractivity contribution in [3.05, 3.63) is 11.6 Å². The van der Waals surface area contributed by atoms with Crippen LogP contribution in [0, 0.1) is 23.2 Å². The topological polar surface area (TPSA) is 68.0 Å². The summed E-state index contributed by atoms with van der Waals surface area (Å²) in [6, 6.07) is 0. The molecule has 4 saturated carbocycles. The van der Waals surface area contributed by atoms with Crippen molar-refractivity contribution in [3.63, 3.8) is 0 Å². The molecule has 0 atom stereocenters. The van der Waals surface area contributed by atoms with E-state index in [0.29, 0.717) is 5.41 Å². The average Bonchev–Trinajstić information content (AvgIpc) is 3.04. The quantitative estimate of drug-likeness (QED) is 0.706. The maximum atomic E-state index is 10.6. The predicted octanol–water partition coefficient (Wildman–Crippen LogP) is 5.18. The number of alkyl halides is 3. The van der Waals surface area contributed by atoms with E-state index in [-0.39, 0.29) is 0 Å². The largest absolute Gasteiger partial charge is 0.490 e. The zero-order valence-corrected chi connectivity index (χ0v) is 17.5. The minimum absolute atomic E-state index is 0.594. The molecule has 0 unspecified atom stereocenters. The van der Waals surface area contributed by atoms with Crippen LogP contribution < -0.4 is 0 Å². The zero-order valence-electron chi connectivity index (χ0n) is 17.5. The molecule has 0 saturated heterocycles. The lowest BCUT2D eigenvalue weighted by Gasteiger charge is -2.56. The third-order valence-electron chi connectivity index (χ3n) is 7.63. The second-order valence-corrected chi connectivity index (χ2v) is 10.1. The van der Waals surface area contributed by atoms with Gasteiger partial charge < -0.3 is 9.67 Å². The molecular weight excluding hydrogens is 395 g/mol. The van der Waals surface area contributed by atoms with Gasteiger partial charge in [0.25, 0.3) is 0 Å². The molecule has 2 heterocycles. The summed E-state index contributed by atoms with van der Waals surface area (Å²) in [5, 5.41) is 16.4. The molecule has 168 valence electrons. The summed E-state index contributed by atoms with van der Waals surface area (Å²) >= 11 is 0. The van der Waals surface area contributed by atoms with Crippen LogP contribution in [0.5, 0.6) is 0 Å². The van der Waals surface area contributed by atoms with E-state index in [0.717, 1.165) is 24.2 Å². The van der Waals surface area contributed by atoms with Crippen LogP contribution in [-0.4, -0.2) is 32.0 Å². The van der Waals surface area contributed by atoms with Gasteiger partial charge in [-0.1, -0.05) is 19.3 Å². The Kier molecular flexibility index (Phi) is 6.13. The van der Waals surface area contributed by atoms with Gasteiger partial charge in [-0.25, -0.2) is 4.79 Å². The highest BCUT2D eigenvalue weighted by molar-refractivity contribution is 5.73. The fourth-order valence-corrected chi connectivity index (χ4v) is 6.87. The fraction of sp³-hybridized carbons (Fsp3) is 0.864. The molecule has 5 aliphatic rings. The number of hydrogen-bond acceptors (Lipinski definition) is 3. The molecule has 0 spiro atoms. The standard InChI is InChI=1S/C20H31N3.C2HF3O2/c1-2-4-6-18-21-22-19(23(18)7-5-3-1)14-20-11-15-8-16(12-20)10-17(9-15)13-20;3-2(4,5)1(6)7/h15-17H,1-14H2;(H,6,7). The lowest BCUT2D eigenvalue weighted by molar-refractivity contribution is -0.192. The Balaban J connectivity index is 0.000000272. The maximum Gasteiger partial charge on any atom is 0.490 e. The van der Waals surface area contributed by atoms with Gasteiger partial charge in [0.1, 0.15) is 11.6 Å². The number of hydrogen-bond donors (Lipinski definition) is 1. The van der Waals surface area contributed by atoms with Crippen LogP contribution in [0.3, 0.4) is 0 Å². The molecule has 30 heavy (non-hydrogen) atoms. The molecule has 0 amide bonds. The Bertz CT molecular complexity index is 724. The molecule has 0 aromatic carbocycles. The van der Waals surface area contributed by atoms with E-state index < -0.39 is 12.1 Å². The van der Waals surface area contributed by atoms with Gasteiger partial charge in [0.05, 0.1) is 0 Å². The Morgan fingerprint density at radius 1 is 0.967 bits per heavy atom. The molecular formula is C22H32F3N3O2. The number of carboxylic acids is 1. The third kappa shape index (κ3) is 4.83. The van der Waals surface area contributed by atoms with Crippen molar-refractivity contribution >= 4 is 5.97 Å². The lowest BCUT2D eigenvalue weighted by Crippen LogP contribution is -2.47. The highest BCUT2D eigenvalue weighted by Gasteiger charge is 2.51. The van der Waals surface area contributed by atoms with Crippen LogP contribution in [-0.2, 0) is 24.2 Å². The molecule has 4 fully saturated rings. The van der Waals surface area contributed by atoms with Crippen molar-refractivity contribution in [1.82, 2.24) is 14.8 Å². The number of carboxylic acid groups (broad SMARTS) is 1. The summed E-state index contributed by atoms with van der Waals surface area (Å²) in [6.07, 6.45) is 13.1. The van der Waals surface area contributed by atoms with Gasteiger partial charge in [-0.3, -0.25) is 0 Å². The number of aliphatic carboxylic acids is 1. The summed E-state index contributed by atoms with van der Waals surface area (Å²) in [4.78, 5) is 8.90. The normalized spacial score (nSPS) is 33.0. The second kappa shape index (κ2) is 8.50. The second-order valence-electron chi connectivity index (χ2n) is 10.1. The van der Waals surface area contributed by atoms with Crippen molar-refractivity contribution in [1.29, 1.82) is 0 Å². The smallest absolute Gasteiger partial charge is 0.475 e. The van der Waals surface area contributed by atoms with Gasteiger partial charge in [-0.15, -0.1) is 10.2 Å². The van der Waals surface area contributed by atoms with Crippen molar-refractivity contribution in [2.75, 3.05) is 0 Å². The molecule has 1 N–H and O–H groups in total. The Morgan fingerprint density at radius 3 is 2.07 bits per heavy atom.